The number of rotatable bonds is 16. The zero-order chi connectivity index (χ0) is 18.7. The molecule has 0 N–H and O–H groups in total. The summed E-state index contributed by atoms with van der Waals surface area (Å²) in [6.45, 7) is 10.3. The monoisotopic (exact) mass is 372 g/mol. The minimum absolute atomic E-state index is 0.588. The van der Waals surface area contributed by atoms with Crippen molar-refractivity contribution in [1.29, 1.82) is 0 Å². The molecule has 0 bridgehead atoms. The highest BCUT2D eigenvalue weighted by Crippen LogP contribution is 2.27. The van der Waals surface area contributed by atoms with Crippen molar-refractivity contribution in [3.8, 4) is 0 Å². The van der Waals surface area contributed by atoms with Crippen LogP contribution in [0.3, 0.4) is 0 Å². The second kappa shape index (κ2) is 17.3. The number of hydrogen-bond donors (Lipinski definition) is 0. The highest BCUT2D eigenvalue weighted by molar-refractivity contribution is 5.13. The van der Waals surface area contributed by atoms with Crippen molar-refractivity contribution in [1.82, 2.24) is 0 Å². The Bertz CT molecular complexity index is 332. The summed E-state index contributed by atoms with van der Waals surface area (Å²) in [4.78, 5) is 0. The molecule has 26 heavy (non-hydrogen) atoms. The van der Waals surface area contributed by atoms with E-state index in [0.29, 0.717) is 52.9 Å². The number of hydrogen-bond acceptors (Lipinski definition) is 6. The standard InChI is InChI=1S/C20H36O6/c1-3-21-9-11-23-13-15-25-17-19-5-7-20(8-6-19)18-26-16-14-24-12-10-22-4-2/h17-18H,3-16H2,1-2H3. The Hall–Kier alpha value is -1.08. The van der Waals surface area contributed by atoms with Crippen molar-refractivity contribution in [2.45, 2.75) is 39.5 Å². The van der Waals surface area contributed by atoms with Crippen LogP contribution in [-0.4, -0.2) is 66.1 Å². The molecular formula is C20H36O6. The van der Waals surface area contributed by atoms with Gasteiger partial charge in [-0.15, -0.1) is 0 Å². The Kier molecular flexibility index (Phi) is 15.3. The van der Waals surface area contributed by atoms with Gasteiger partial charge in [0.2, 0.25) is 0 Å². The second-order valence-corrected chi connectivity index (χ2v) is 5.91. The van der Waals surface area contributed by atoms with Crippen LogP contribution in [0.15, 0.2) is 23.7 Å². The highest BCUT2D eigenvalue weighted by Gasteiger charge is 2.10. The van der Waals surface area contributed by atoms with Gasteiger partial charge in [0.25, 0.3) is 0 Å². The van der Waals surface area contributed by atoms with Gasteiger partial charge in [-0.2, -0.15) is 0 Å². The summed E-state index contributed by atoms with van der Waals surface area (Å²) in [5.74, 6) is 0. The van der Waals surface area contributed by atoms with Gasteiger partial charge < -0.3 is 28.4 Å². The van der Waals surface area contributed by atoms with Crippen molar-refractivity contribution >= 4 is 0 Å². The lowest BCUT2D eigenvalue weighted by Crippen LogP contribution is -2.08. The minimum Gasteiger partial charge on any atom is -0.499 e. The van der Waals surface area contributed by atoms with Crippen LogP contribution >= 0.6 is 0 Å². The molecule has 1 saturated carbocycles. The van der Waals surface area contributed by atoms with Crippen LogP contribution in [0.2, 0.25) is 0 Å². The lowest BCUT2D eigenvalue weighted by atomic mass is 9.92. The molecular weight excluding hydrogens is 336 g/mol. The van der Waals surface area contributed by atoms with E-state index in [4.69, 9.17) is 28.4 Å². The van der Waals surface area contributed by atoms with E-state index in [1.54, 1.807) is 0 Å². The average Bonchev–Trinajstić information content (AvgIpc) is 2.67. The fourth-order valence-corrected chi connectivity index (χ4v) is 2.42. The van der Waals surface area contributed by atoms with Gasteiger partial charge in [0.05, 0.1) is 52.2 Å². The van der Waals surface area contributed by atoms with Crippen molar-refractivity contribution in [3.63, 3.8) is 0 Å². The van der Waals surface area contributed by atoms with Gasteiger partial charge in [0, 0.05) is 13.2 Å². The van der Waals surface area contributed by atoms with Crippen LogP contribution in [0.4, 0.5) is 0 Å². The molecule has 152 valence electrons. The molecule has 0 aromatic carbocycles. The van der Waals surface area contributed by atoms with Crippen LogP contribution < -0.4 is 0 Å². The van der Waals surface area contributed by atoms with Crippen LogP contribution in [0.1, 0.15) is 39.5 Å². The molecule has 0 aromatic rings. The van der Waals surface area contributed by atoms with E-state index >= 15 is 0 Å². The molecule has 0 atom stereocenters. The SMILES string of the molecule is CCOCCOCCOC=C1CCC(=COCCOCCOCC)CC1. The van der Waals surface area contributed by atoms with Gasteiger partial charge >= 0.3 is 0 Å². The third-order valence-corrected chi connectivity index (χ3v) is 3.88. The van der Waals surface area contributed by atoms with Gasteiger partial charge in [0.15, 0.2) is 0 Å². The summed E-state index contributed by atoms with van der Waals surface area (Å²) in [5.41, 5.74) is 2.71. The molecule has 1 fully saturated rings. The summed E-state index contributed by atoms with van der Waals surface area (Å²) in [7, 11) is 0. The Morgan fingerprint density at radius 2 is 0.885 bits per heavy atom. The molecule has 0 radical (unpaired) electrons. The predicted molar refractivity (Wildman–Crippen MR) is 101 cm³/mol. The fourth-order valence-electron chi connectivity index (χ4n) is 2.42. The van der Waals surface area contributed by atoms with Gasteiger partial charge in [-0.3, -0.25) is 0 Å². The molecule has 0 spiro atoms. The molecule has 0 unspecified atom stereocenters. The first-order chi connectivity index (χ1) is 12.9. The predicted octanol–water partition coefficient (Wildman–Crippen LogP) is 3.47. The molecule has 1 rings (SSSR count). The fraction of sp³-hybridized carbons (Fsp3) is 0.800. The van der Waals surface area contributed by atoms with Crippen LogP contribution in [-0.2, 0) is 28.4 Å². The zero-order valence-corrected chi connectivity index (χ0v) is 16.5. The van der Waals surface area contributed by atoms with Crippen LogP contribution in [0.25, 0.3) is 0 Å². The lowest BCUT2D eigenvalue weighted by Gasteiger charge is -2.17. The highest BCUT2D eigenvalue weighted by atomic mass is 16.5. The molecule has 1 aliphatic carbocycles. The van der Waals surface area contributed by atoms with E-state index in [2.05, 4.69) is 0 Å². The first-order valence-electron chi connectivity index (χ1n) is 9.76. The summed E-state index contributed by atoms with van der Waals surface area (Å²) in [6.07, 6.45) is 7.93. The smallest absolute Gasteiger partial charge is 0.111 e. The average molecular weight is 373 g/mol. The van der Waals surface area contributed by atoms with E-state index in [1.807, 2.05) is 26.4 Å². The van der Waals surface area contributed by atoms with E-state index in [-0.39, 0.29) is 0 Å². The Morgan fingerprint density at radius 3 is 1.27 bits per heavy atom. The van der Waals surface area contributed by atoms with Gasteiger partial charge in [-0.25, -0.2) is 0 Å². The Morgan fingerprint density at radius 1 is 0.538 bits per heavy atom. The zero-order valence-electron chi connectivity index (χ0n) is 16.5. The Balaban J connectivity index is 1.96. The first-order valence-corrected chi connectivity index (χ1v) is 9.76. The lowest BCUT2D eigenvalue weighted by molar-refractivity contribution is 0.0336. The van der Waals surface area contributed by atoms with E-state index in [0.717, 1.165) is 38.9 Å². The van der Waals surface area contributed by atoms with Gasteiger partial charge in [-0.05, 0) is 50.7 Å². The molecule has 0 aromatic heterocycles. The van der Waals surface area contributed by atoms with E-state index < -0.39 is 0 Å². The van der Waals surface area contributed by atoms with Crippen molar-refractivity contribution in [2.75, 3.05) is 66.1 Å². The third kappa shape index (κ3) is 13.2. The molecule has 0 heterocycles. The molecule has 6 heteroatoms. The summed E-state index contributed by atoms with van der Waals surface area (Å²) >= 11 is 0. The van der Waals surface area contributed by atoms with Crippen LogP contribution in [0, 0.1) is 0 Å². The number of ether oxygens (including phenoxy) is 6. The first kappa shape index (κ1) is 23.0. The third-order valence-electron chi connectivity index (χ3n) is 3.88. The summed E-state index contributed by atoms with van der Waals surface area (Å²) < 4.78 is 32.4. The van der Waals surface area contributed by atoms with Crippen molar-refractivity contribution in [3.05, 3.63) is 23.7 Å². The molecule has 6 nitrogen and oxygen atoms in total. The molecule has 1 aliphatic rings. The largest absolute Gasteiger partial charge is 0.499 e. The maximum Gasteiger partial charge on any atom is 0.111 e. The van der Waals surface area contributed by atoms with E-state index in [1.165, 1.54) is 11.1 Å². The number of allylic oxidation sites excluding steroid dienone is 2. The summed E-state index contributed by atoms with van der Waals surface area (Å²) in [5, 5.41) is 0. The van der Waals surface area contributed by atoms with E-state index in [9.17, 15) is 0 Å². The van der Waals surface area contributed by atoms with Crippen molar-refractivity contribution in [2.24, 2.45) is 0 Å². The van der Waals surface area contributed by atoms with Gasteiger partial charge in [0.1, 0.15) is 13.2 Å². The topological polar surface area (TPSA) is 55.4 Å². The quantitative estimate of drug-likeness (QED) is 0.305. The van der Waals surface area contributed by atoms with Gasteiger partial charge in [-0.1, -0.05) is 0 Å². The Labute approximate surface area is 158 Å². The second-order valence-electron chi connectivity index (χ2n) is 5.91. The maximum absolute atomic E-state index is 5.56. The summed E-state index contributed by atoms with van der Waals surface area (Å²) in [6, 6.07) is 0. The van der Waals surface area contributed by atoms with Crippen molar-refractivity contribution < 1.29 is 28.4 Å². The maximum atomic E-state index is 5.56. The molecule has 0 saturated heterocycles. The normalized spacial score (nSPS) is 14.4. The molecule has 0 amide bonds. The molecule has 0 aliphatic heterocycles. The van der Waals surface area contributed by atoms with Crippen LogP contribution in [0.5, 0.6) is 0 Å². The minimum atomic E-state index is 0.588.